The van der Waals surface area contributed by atoms with Crippen LogP contribution in [0.1, 0.15) is 11.1 Å². The number of likely N-dealkylation sites (N-methyl/N-ethyl adjacent to an activating group) is 1. The summed E-state index contributed by atoms with van der Waals surface area (Å²) in [7, 11) is -1.92. The summed E-state index contributed by atoms with van der Waals surface area (Å²) < 4.78 is 26.4. The number of rotatable bonds is 4. The first kappa shape index (κ1) is 17.4. The van der Waals surface area contributed by atoms with E-state index in [4.69, 9.17) is 11.6 Å². The molecule has 0 aromatic heterocycles. The number of aliphatic imine (C=N–C) groups is 1. The third-order valence-corrected chi connectivity index (χ3v) is 5.44. The van der Waals surface area contributed by atoms with E-state index < -0.39 is 10.0 Å². The number of amidine groups is 1. The molecule has 1 N–H and O–H groups in total. The molecule has 1 heterocycles. The van der Waals surface area contributed by atoms with E-state index in [2.05, 4.69) is 9.71 Å². The molecule has 0 saturated heterocycles. The summed E-state index contributed by atoms with van der Waals surface area (Å²) in [6.45, 7) is 0.277. The van der Waals surface area contributed by atoms with Gasteiger partial charge in [-0.3, -0.25) is 14.5 Å². The Balaban J connectivity index is 1.70. The third-order valence-electron chi connectivity index (χ3n) is 3.79. The maximum Gasteiger partial charge on any atom is 0.263 e. The van der Waals surface area contributed by atoms with Gasteiger partial charge in [0.1, 0.15) is 12.4 Å². The maximum atomic E-state index is 12.3. The Morgan fingerprint density at radius 2 is 1.84 bits per heavy atom. The fourth-order valence-corrected chi connectivity index (χ4v) is 3.85. The van der Waals surface area contributed by atoms with Crippen LogP contribution in [0.25, 0.3) is 0 Å². The molecule has 0 unspecified atom stereocenters. The van der Waals surface area contributed by atoms with E-state index >= 15 is 0 Å². The van der Waals surface area contributed by atoms with Crippen molar-refractivity contribution in [2.24, 2.45) is 4.99 Å². The largest absolute Gasteiger partial charge is 0.340 e. The number of nitrogens with one attached hydrogen (secondary N) is 1. The molecule has 2 aromatic carbocycles. The molecule has 0 aliphatic carbocycles. The van der Waals surface area contributed by atoms with Crippen molar-refractivity contribution in [2.45, 2.75) is 11.4 Å². The van der Waals surface area contributed by atoms with Crippen molar-refractivity contribution in [2.75, 3.05) is 13.6 Å². The van der Waals surface area contributed by atoms with Gasteiger partial charge >= 0.3 is 0 Å². The minimum Gasteiger partial charge on any atom is -0.340 e. The van der Waals surface area contributed by atoms with Gasteiger partial charge in [0, 0.05) is 24.2 Å². The van der Waals surface area contributed by atoms with Crippen molar-refractivity contribution in [3.8, 4) is 0 Å². The number of carbonyl (C=O) groups excluding carboxylic acids is 1. The van der Waals surface area contributed by atoms with Gasteiger partial charge in [0.2, 0.25) is 5.91 Å². The number of hydrogen-bond donors (Lipinski definition) is 1. The minimum absolute atomic E-state index is 0.143. The standard InChI is InChI=1S/C17H16ClN3O3S/c1-21(11-12-6-8-13(18)9-7-12)16(22)10-19-17-14-4-2-3-5-15(14)25(23,24)20-17/h2-9H,10-11H2,1H3,(H,19,20). The zero-order valence-electron chi connectivity index (χ0n) is 13.4. The molecule has 0 saturated carbocycles. The number of fused-ring (bicyclic) bond motifs is 1. The lowest BCUT2D eigenvalue weighted by Crippen LogP contribution is -2.30. The van der Waals surface area contributed by atoms with Crippen LogP contribution in [-0.2, 0) is 21.4 Å². The fraction of sp³-hybridized carbons (Fsp3) is 0.176. The van der Waals surface area contributed by atoms with Crippen LogP contribution in [0.5, 0.6) is 0 Å². The van der Waals surface area contributed by atoms with Crippen molar-refractivity contribution < 1.29 is 13.2 Å². The van der Waals surface area contributed by atoms with Crippen molar-refractivity contribution in [1.29, 1.82) is 0 Å². The van der Waals surface area contributed by atoms with Gasteiger partial charge in [-0.05, 0) is 29.8 Å². The highest BCUT2D eigenvalue weighted by Gasteiger charge is 2.30. The highest BCUT2D eigenvalue weighted by molar-refractivity contribution is 7.90. The number of benzene rings is 2. The summed E-state index contributed by atoms with van der Waals surface area (Å²) in [6.07, 6.45) is 0. The Hall–Kier alpha value is -2.38. The van der Waals surface area contributed by atoms with Gasteiger partial charge in [-0.2, -0.15) is 0 Å². The molecule has 3 rings (SSSR count). The molecular formula is C17H16ClN3O3S. The van der Waals surface area contributed by atoms with Crippen LogP contribution < -0.4 is 4.72 Å². The summed E-state index contributed by atoms with van der Waals surface area (Å²) in [6, 6.07) is 13.8. The van der Waals surface area contributed by atoms with E-state index in [1.54, 1.807) is 37.4 Å². The second kappa shape index (κ2) is 6.85. The van der Waals surface area contributed by atoms with Gasteiger partial charge in [0.25, 0.3) is 10.0 Å². The molecule has 1 aliphatic heterocycles. The average molecular weight is 378 g/mol. The normalized spacial score (nSPS) is 16.3. The molecule has 8 heteroatoms. The van der Waals surface area contributed by atoms with Crippen LogP contribution in [0.3, 0.4) is 0 Å². The monoisotopic (exact) mass is 377 g/mol. The van der Waals surface area contributed by atoms with Gasteiger partial charge in [0.15, 0.2) is 0 Å². The fourth-order valence-electron chi connectivity index (χ4n) is 2.47. The highest BCUT2D eigenvalue weighted by Crippen LogP contribution is 2.22. The van der Waals surface area contributed by atoms with Gasteiger partial charge in [-0.25, -0.2) is 8.42 Å². The lowest BCUT2D eigenvalue weighted by atomic mass is 10.2. The molecule has 130 valence electrons. The molecular weight excluding hydrogens is 362 g/mol. The van der Waals surface area contributed by atoms with E-state index in [1.165, 1.54) is 11.0 Å². The highest BCUT2D eigenvalue weighted by atomic mass is 35.5. The first-order valence-corrected chi connectivity index (χ1v) is 9.38. The molecule has 0 spiro atoms. The predicted octanol–water partition coefficient (Wildman–Crippen LogP) is 2.04. The van der Waals surface area contributed by atoms with Crippen molar-refractivity contribution >= 4 is 33.4 Å². The quantitative estimate of drug-likeness (QED) is 0.885. The lowest BCUT2D eigenvalue weighted by molar-refractivity contribution is -0.128. The number of sulfonamides is 1. The number of amides is 1. The Morgan fingerprint density at radius 3 is 2.56 bits per heavy atom. The molecule has 0 bridgehead atoms. The van der Waals surface area contributed by atoms with E-state index in [-0.39, 0.29) is 23.2 Å². The Morgan fingerprint density at radius 1 is 1.16 bits per heavy atom. The van der Waals surface area contributed by atoms with Crippen LogP contribution in [0.4, 0.5) is 0 Å². The first-order valence-electron chi connectivity index (χ1n) is 7.52. The summed E-state index contributed by atoms with van der Waals surface area (Å²) in [5.41, 5.74) is 1.43. The van der Waals surface area contributed by atoms with Crippen LogP contribution in [0, 0.1) is 0 Å². The smallest absolute Gasteiger partial charge is 0.263 e. The number of hydrogen-bond acceptors (Lipinski definition) is 4. The summed E-state index contributed by atoms with van der Waals surface area (Å²) in [5.74, 6) is -0.0186. The van der Waals surface area contributed by atoms with E-state index in [9.17, 15) is 13.2 Å². The first-order chi connectivity index (χ1) is 11.9. The number of nitrogens with zero attached hydrogens (tertiary/aromatic N) is 2. The Kier molecular flexibility index (Phi) is 4.78. The molecule has 1 amide bonds. The lowest BCUT2D eigenvalue weighted by Gasteiger charge is -2.16. The molecule has 1 aliphatic rings. The topological polar surface area (TPSA) is 78.8 Å². The zero-order chi connectivity index (χ0) is 18.0. The molecule has 0 fully saturated rings. The third kappa shape index (κ3) is 3.83. The van der Waals surface area contributed by atoms with Crippen LogP contribution in [0.2, 0.25) is 5.02 Å². The van der Waals surface area contributed by atoms with E-state index in [0.29, 0.717) is 17.1 Å². The van der Waals surface area contributed by atoms with Crippen molar-refractivity contribution in [3.63, 3.8) is 0 Å². The van der Waals surface area contributed by atoms with Crippen molar-refractivity contribution in [3.05, 3.63) is 64.7 Å². The predicted molar refractivity (Wildman–Crippen MR) is 96.1 cm³/mol. The van der Waals surface area contributed by atoms with Crippen LogP contribution >= 0.6 is 11.6 Å². The zero-order valence-corrected chi connectivity index (χ0v) is 15.0. The van der Waals surface area contributed by atoms with Crippen LogP contribution in [0.15, 0.2) is 58.4 Å². The number of carbonyl (C=O) groups is 1. The van der Waals surface area contributed by atoms with Gasteiger partial charge in [-0.15, -0.1) is 0 Å². The number of halogens is 1. The average Bonchev–Trinajstić information content (AvgIpc) is 2.86. The summed E-state index contributed by atoms with van der Waals surface area (Å²) in [5, 5.41) is 0.635. The van der Waals surface area contributed by atoms with Crippen LogP contribution in [-0.4, -0.2) is 38.7 Å². The van der Waals surface area contributed by atoms with E-state index in [0.717, 1.165) is 5.56 Å². The van der Waals surface area contributed by atoms with Crippen molar-refractivity contribution in [1.82, 2.24) is 9.62 Å². The SMILES string of the molecule is CN(Cc1ccc(Cl)cc1)C(=O)CN=C1NS(=O)(=O)c2ccccc21. The second-order valence-corrected chi connectivity index (χ2v) is 7.73. The molecule has 6 nitrogen and oxygen atoms in total. The summed E-state index contributed by atoms with van der Waals surface area (Å²) >= 11 is 5.84. The molecule has 25 heavy (non-hydrogen) atoms. The van der Waals surface area contributed by atoms with Gasteiger partial charge in [0.05, 0.1) is 4.90 Å². The van der Waals surface area contributed by atoms with E-state index in [1.807, 2.05) is 12.1 Å². The Labute approximate surface area is 151 Å². The maximum absolute atomic E-state index is 12.3. The van der Waals surface area contributed by atoms with Gasteiger partial charge in [-0.1, -0.05) is 35.9 Å². The molecule has 2 aromatic rings. The minimum atomic E-state index is -3.59. The molecule has 0 atom stereocenters. The Bertz CT molecular complexity index is 940. The van der Waals surface area contributed by atoms with Gasteiger partial charge < -0.3 is 4.90 Å². The molecule has 0 radical (unpaired) electrons. The second-order valence-electron chi connectivity index (χ2n) is 5.64. The summed E-state index contributed by atoms with van der Waals surface area (Å²) in [4.78, 5) is 18.1.